The molecule has 4 rings (SSSR count). The number of furan rings is 1. The number of hydrogen-bond donors (Lipinski definition) is 1. The lowest BCUT2D eigenvalue weighted by atomic mass is 10.0. The average Bonchev–Trinajstić information content (AvgIpc) is 3.24. The molecule has 144 valence electrons. The van der Waals surface area contributed by atoms with Crippen LogP contribution in [0.1, 0.15) is 16.9 Å². The highest BCUT2D eigenvalue weighted by Gasteiger charge is 2.22. The van der Waals surface area contributed by atoms with E-state index in [4.69, 9.17) is 4.42 Å². The number of hydrogen-bond acceptors (Lipinski definition) is 3. The number of carbonyl (C=O) groups is 1. The predicted octanol–water partition coefficient (Wildman–Crippen LogP) is 4.22. The van der Waals surface area contributed by atoms with Crippen LogP contribution in [0.15, 0.2) is 77.4 Å². The Labute approximate surface area is 165 Å². The largest absolute Gasteiger partial charge is 0.468 e. The van der Waals surface area contributed by atoms with Crippen molar-refractivity contribution in [3.8, 4) is 0 Å². The standard InChI is InChI=1S/C23H25N3O2/c27-23(26-14-12-25(13-15-26)18-21-10-6-16-28-21)24-22-11-5-4-9-20(22)17-19-7-2-1-3-8-19/h1-11,16H,12-15,17-18H2,(H,24,27). The summed E-state index contributed by atoms with van der Waals surface area (Å²) >= 11 is 0. The highest BCUT2D eigenvalue weighted by molar-refractivity contribution is 5.90. The van der Waals surface area contributed by atoms with Crippen LogP contribution < -0.4 is 5.32 Å². The molecule has 0 radical (unpaired) electrons. The van der Waals surface area contributed by atoms with Crippen molar-refractivity contribution in [3.05, 3.63) is 89.9 Å². The van der Waals surface area contributed by atoms with E-state index in [2.05, 4.69) is 28.4 Å². The molecule has 2 heterocycles. The smallest absolute Gasteiger partial charge is 0.321 e. The Morgan fingerprint density at radius 3 is 2.39 bits per heavy atom. The van der Waals surface area contributed by atoms with Crippen LogP contribution in [-0.4, -0.2) is 42.0 Å². The number of carbonyl (C=O) groups excluding carboxylic acids is 1. The zero-order valence-corrected chi connectivity index (χ0v) is 15.9. The van der Waals surface area contributed by atoms with Crippen LogP contribution in [0.25, 0.3) is 0 Å². The summed E-state index contributed by atoms with van der Waals surface area (Å²) in [6, 6.07) is 22.2. The third-order valence-corrected chi connectivity index (χ3v) is 5.12. The van der Waals surface area contributed by atoms with Crippen molar-refractivity contribution in [1.29, 1.82) is 0 Å². The van der Waals surface area contributed by atoms with E-state index in [-0.39, 0.29) is 6.03 Å². The number of para-hydroxylation sites is 1. The van der Waals surface area contributed by atoms with E-state index < -0.39 is 0 Å². The fraction of sp³-hybridized carbons (Fsp3) is 0.261. The van der Waals surface area contributed by atoms with Gasteiger partial charge in [-0.15, -0.1) is 0 Å². The lowest BCUT2D eigenvalue weighted by Gasteiger charge is -2.34. The number of rotatable bonds is 5. The summed E-state index contributed by atoms with van der Waals surface area (Å²) in [5.74, 6) is 0.966. The number of amides is 2. The first-order valence-corrected chi connectivity index (χ1v) is 9.70. The number of urea groups is 1. The number of nitrogens with zero attached hydrogens (tertiary/aromatic N) is 2. The summed E-state index contributed by atoms with van der Waals surface area (Å²) < 4.78 is 5.42. The Hall–Kier alpha value is -3.05. The van der Waals surface area contributed by atoms with Gasteiger partial charge in [0.15, 0.2) is 0 Å². The van der Waals surface area contributed by atoms with Gasteiger partial charge in [0.05, 0.1) is 12.8 Å². The quantitative estimate of drug-likeness (QED) is 0.726. The molecular weight excluding hydrogens is 350 g/mol. The zero-order valence-electron chi connectivity index (χ0n) is 15.9. The van der Waals surface area contributed by atoms with Gasteiger partial charge in [-0.3, -0.25) is 4.90 Å². The Kier molecular flexibility index (Phi) is 5.73. The van der Waals surface area contributed by atoms with Gasteiger partial charge in [0.25, 0.3) is 0 Å². The van der Waals surface area contributed by atoms with Crippen molar-refractivity contribution in [2.75, 3.05) is 31.5 Å². The van der Waals surface area contributed by atoms with Crippen LogP contribution in [0.2, 0.25) is 0 Å². The molecule has 0 saturated carbocycles. The van der Waals surface area contributed by atoms with Crippen molar-refractivity contribution in [1.82, 2.24) is 9.80 Å². The molecule has 0 spiro atoms. The third-order valence-electron chi connectivity index (χ3n) is 5.12. The van der Waals surface area contributed by atoms with Gasteiger partial charge in [-0.1, -0.05) is 48.5 Å². The van der Waals surface area contributed by atoms with Gasteiger partial charge in [-0.05, 0) is 35.7 Å². The normalized spacial score (nSPS) is 14.8. The Balaban J connectivity index is 1.34. The van der Waals surface area contributed by atoms with Gasteiger partial charge in [-0.2, -0.15) is 0 Å². The van der Waals surface area contributed by atoms with Gasteiger partial charge in [0.2, 0.25) is 0 Å². The minimum atomic E-state index is -0.0295. The van der Waals surface area contributed by atoms with Crippen LogP contribution in [0, 0.1) is 0 Å². The monoisotopic (exact) mass is 375 g/mol. The molecule has 28 heavy (non-hydrogen) atoms. The van der Waals surface area contributed by atoms with Crippen molar-refractivity contribution in [2.45, 2.75) is 13.0 Å². The Morgan fingerprint density at radius 2 is 1.64 bits per heavy atom. The van der Waals surface area contributed by atoms with Crippen LogP contribution >= 0.6 is 0 Å². The van der Waals surface area contributed by atoms with Crippen molar-refractivity contribution in [2.24, 2.45) is 0 Å². The van der Waals surface area contributed by atoms with E-state index in [1.165, 1.54) is 5.56 Å². The van der Waals surface area contributed by atoms with E-state index >= 15 is 0 Å². The van der Waals surface area contributed by atoms with Crippen LogP contribution in [0.5, 0.6) is 0 Å². The second kappa shape index (κ2) is 8.76. The molecule has 5 heteroatoms. The van der Waals surface area contributed by atoms with Crippen molar-refractivity contribution >= 4 is 11.7 Å². The molecule has 3 aromatic rings. The lowest BCUT2D eigenvalue weighted by molar-refractivity contribution is 0.137. The second-order valence-corrected chi connectivity index (χ2v) is 7.09. The number of piperazine rings is 1. The van der Waals surface area contributed by atoms with Crippen molar-refractivity contribution in [3.63, 3.8) is 0 Å². The highest BCUT2D eigenvalue weighted by atomic mass is 16.3. The predicted molar refractivity (Wildman–Crippen MR) is 110 cm³/mol. The maximum absolute atomic E-state index is 12.8. The highest BCUT2D eigenvalue weighted by Crippen LogP contribution is 2.20. The summed E-state index contributed by atoms with van der Waals surface area (Å²) in [5, 5.41) is 3.11. The Morgan fingerprint density at radius 1 is 0.893 bits per heavy atom. The molecular formula is C23H25N3O2. The zero-order chi connectivity index (χ0) is 19.2. The average molecular weight is 375 g/mol. The molecule has 1 N–H and O–H groups in total. The fourth-order valence-electron chi connectivity index (χ4n) is 3.54. The molecule has 1 aromatic heterocycles. The number of anilines is 1. The van der Waals surface area contributed by atoms with Gasteiger partial charge in [-0.25, -0.2) is 4.79 Å². The molecule has 5 nitrogen and oxygen atoms in total. The molecule has 2 aromatic carbocycles. The molecule has 0 bridgehead atoms. The summed E-state index contributed by atoms with van der Waals surface area (Å²) in [4.78, 5) is 17.0. The molecule has 1 saturated heterocycles. The first-order valence-electron chi connectivity index (χ1n) is 9.70. The van der Waals surface area contributed by atoms with E-state index in [9.17, 15) is 4.79 Å². The topological polar surface area (TPSA) is 48.7 Å². The molecule has 2 amide bonds. The van der Waals surface area contributed by atoms with Gasteiger partial charge < -0.3 is 14.6 Å². The lowest BCUT2D eigenvalue weighted by Crippen LogP contribution is -2.49. The summed E-state index contributed by atoms with van der Waals surface area (Å²) in [6.45, 7) is 3.92. The summed E-state index contributed by atoms with van der Waals surface area (Å²) in [7, 11) is 0. The minimum Gasteiger partial charge on any atom is -0.468 e. The maximum Gasteiger partial charge on any atom is 0.321 e. The van der Waals surface area contributed by atoms with Crippen LogP contribution in [-0.2, 0) is 13.0 Å². The molecule has 1 aliphatic rings. The third kappa shape index (κ3) is 4.61. The first kappa shape index (κ1) is 18.3. The first-order chi connectivity index (χ1) is 13.8. The maximum atomic E-state index is 12.8. The minimum absolute atomic E-state index is 0.0295. The molecule has 1 fully saturated rings. The Bertz CT molecular complexity index is 885. The summed E-state index contributed by atoms with van der Waals surface area (Å²) in [6.07, 6.45) is 2.50. The molecule has 0 atom stereocenters. The fourth-order valence-corrected chi connectivity index (χ4v) is 3.54. The van der Waals surface area contributed by atoms with Gasteiger partial charge in [0.1, 0.15) is 5.76 Å². The van der Waals surface area contributed by atoms with Crippen LogP contribution in [0.3, 0.4) is 0 Å². The summed E-state index contributed by atoms with van der Waals surface area (Å²) in [5.41, 5.74) is 3.24. The number of nitrogens with one attached hydrogen (secondary N) is 1. The van der Waals surface area contributed by atoms with Crippen LogP contribution in [0.4, 0.5) is 10.5 Å². The molecule has 0 unspecified atom stereocenters. The van der Waals surface area contributed by atoms with Crippen molar-refractivity contribution < 1.29 is 9.21 Å². The van der Waals surface area contributed by atoms with Gasteiger partial charge in [0, 0.05) is 31.9 Å². The van der Waals surface area contributed by atoms with E-state index in [0.29, 0.717) is 13.1 Å². The number of benzene rings is 2. The molecule has 1 aliphatic heterocycles. The molecule has 0 aliphatic carbocycles. The second-order valence-electron chi connectivity index (χ2n) is 7.09. The SMILES string of the molecule is O=C(Nc1ccccc1Cc1ccccc1)N1CCN(Cc2ccco2)CC1. The van der Waals surface area contributed by atoms with E-state index in [1.54, 1.807) is 6.26 Å². The van der Waals surface area contributed by atoms with Gasteiger partial charge >= 0.3 is 6.03 Å². The van der Waals surface area contributed by atoms with E-state index in [1.807, 2.05) is 53.4 Å². The van der Waals surface area contributed by atoms with E-state index in [0.717, 1.165) is 43.1 Å².